The molecule has 2 nitrogen and oxygen atoms in total. The van der Waals surface area contributed by atoms with Crippen molar-refractivity contribution in [3.05, 3.63) is 0 Å². The molecule has 0 bridgehead atoms. The molecule has 72 valence electrons. The van der Waals surface area contributed by atoms with Crippen molar-refractivity contribution in [2.75, 3.05) is 13.1 Å². The van der Waals surface area contributed by atoms with Crippen LogP contribution >= 0.6 is 0 Å². The first-order valence-corrected chi connectivity index (χ1v) is 4.89. The monoisotopic (exact) mass is 171 g/mol. The minimum absolute atomic E-state index is 0.300. The minimum Gasteiger partial charge on any atom is -0.343 e. The highest BCUT2D eigenvalue weighted by molar-refractivity contribution is 5.76. The third-order valence-corrected chi connectivity index (χ3v) is 1.78. The van der Waals surface area contributed by atoms with Crippen LogP contribution in [-0.2, 0) is 4.79 Å². The third kappa shape index (κ3) is 4.37. The highest BCUT2D eigenvalue weighted by Crippen LogP contribution is 2.02. The summed E-state index contributed by atoms with van der Waals surface area (Å²) in [6.07, 6.45) is 1.65. The third-order valence-electron chi connectivity index (χ3n) is 1.78. The van der Waals surface area contributed by atoms with Crippen LogP contribution in [-0.4, -0.2) is 23.9 Å². The van der Waals surface area contributed by atoms with Gasteiger partial charge < -0.3 is 4.90 Å². The van der Waals surface area contributed by atoms with Crippen LogP contribution in [0.25, 0.3) is 0 Å². The standard InChI is InChI=1S/C10H21NO/c1-5-7-10(12)11(6-2)8-9(3)4/h9H,5-8H2,1-4H3. The highest BCUT2D eigenvalue weighted by Gasteiger charge is 2.10. The molecule has 0 heterocycles. The van der Waals surface area contributed by atoms with Crippen molar-refractivity contribution in [3.8, 4) is 0 Å². The SMILES string of the molecule is CCCC(=O)N(CC)CC(C)C. The van der Waals surface area contributed by atoms with Gasteiger partial charge in [-0.15, -0.1) is 0 Å². The molecule has 0 aliphatic carbocycles. The van der Waals surface area contributed by atoms with Crippen LogP contribution in [0.1, 0.15) is 40.5 Å². The fourth-order valence-corrected chi connectivity index (χ4v) is 1.22. The van der Waals surface area contributed by atoms with E-state index in [-0.39, 0.29) is 0 Å². The van der Waals surface area contributed by atoms with Crippen molar-refractivity contribution in [3.63, 3.8) is 0 Å². The Morgan fingerprint density at radius 3 is 2.25 bits per heavy atom. The summed E-state index contributed by atoms with van der Waals surface area (Å²) in [6, 6.07) is 0. The van der Waals surface area contributed by atoms with Gasteiger partial charge in [0.15, 0.2) is 0 Å². The van der Waals surface area contributed by atoms with Gasteiger partial charge in [-0.25, -0.2) is 0 Å². The maximum Gasteiger partial charge on any atom is 0.222 e. The average molecular weight is 171 g/mol. The second-order valence-electron chi connectivity index (χ2n) is 3.58. The Morgan fingerprint density at radius 1 is 1.33 bits per heavy atom. The molecular formula is C10H21NO. The summed E-state index contributed by atoms with van der Waals surface area (Å²) in [5.74, 6) is 0.874. The Kier molecular flexibility index (Phi) is 5.77. The van der Waals surface area contributed by atoms with Gasteiger partial charge in [0.1, 0.15) is 0 Å². The molecular weight excluding hydrogens is 150 g/mol. The molecule has 12 heavy (non-hydrogen) atoms. The number of hydrogen-bond acceptors (Lipinski definition) is 1. The van der Waals surface area contributed by atoms with Crippen LogP contribution in [0.15, 0.2) is 0 Å². The first-order chi connectivity index (χ1) is 5.61. The summed E-state index contributed by atoms with van der Waals surface area (Å²) in [5.41, 5.74) is 0. The van der Waals surface area contributed by atoms with Gasteiger partial charge in [0.05, 0.1) is 0 Å². The number of carbonyl (C=O) groups is 1. The zero-order valence-electron chi connectivity index (χ0n) is 8.76. The van der Waals surface area contributed by atoms with Crippen LogP contribution in [0.4, 0.5) is 0 Å². The van der Waals surface area contributed by atoms with Crippen LogP contribution in [0, 0.1) is 5.92 Å². The lowest BCUT2D eigenvalue weighted by Crippen LogP contribution is -2.33. The van der Waals surface area contributed by atoms with Gasteiger partial charge >= 0.3 is 0 Å². The van der Waals surface area contributed by atoms with Crippen molar-refractivity contribution in [2.45, 2.75) is 40.5 Å². The van der Waals surface area contributed by atoms with E-state index in [1.54, 1.807) is 0 Å². The Bertz CT molecular complexity index is 132. The van der Waals surface area contributed by atoms with Gasteiger partial charge in [-0.1, -0.05) is 20.8 Å². The largest absolute Gasteiger partial charge is 0.343 e. The molecule has 0 rings (SSSR count). The van der Waals surface area contributed by atoms with Crippen LogP contribution in [0.3, 0.4) is 0 Å². The normalized spacial score (nSPS) is 10.4. The Morgan fingerprint density at radius 2 is 1.92 bits per heavy atom. The number of nitrogens with zero attached hydrogens (tertiary/aromatic N) is 1. The zero-order chi connectivity index (χ0) is 9.56. The molecule has 0 spiro atoms. The first kappa shape index (κ1) is 11.5. The lowest BCUT2D eigenvalue weighted by molar-refractivity contribution is -0.131. The van der Waals surface area contributed by atoms with E-state index in [0.29, 0.717) is 18.2 Å². The molecule has 1 amide bonds. The fourth-order valence-electron chi connectivity index (χ4n) is 1.22. The molecule has 0 atom stereocenters. The highest BCUT2D eigenvalue weighted by atomic mass is 16.2. The van der Waals surface area contributed by atoms with E-state index in [4.69, 9.17) is 0 Å². The molecule has 0 unspecified atom stereocenters. The molecule has 0 aliphatic heterocycles. The van der Waals surface area contributed by atoms with Crippen molar-refractivity contribution < 1.29 is 4.79 Å². The van der Waals surface area contributed by atoms with E-state index >= 15 is 0 Å². The van der Waals surface area contributed by atoms with E-state index in [9.17, 15) is 4.79 Å². The molecule has 0 aliphatic rings. The van der Waals surface area contributed by atoms with Gasteiger partial charge in [0.25, 0.3) is 0 Å². The van der Waals surface area contributed by atoms with Crippen LogP contribution < -0.4 is 0 Å². The molecule has 0 N–H and O–H groups in total. The number of rotatable bonds is 5. The van der Waals surface area contributed by atoms with E-state index in [1.807, 2.05) is 18.7 Å². The van der Waals surface area contributed by atoms with Gasteiger partial charge in [0.2, 0.25) is 5.91 Å². The molecule has 0 fully saturated rings. The van der Waals surface area contributed by atoms with Crippen molar-refractivity contribution in [1.29, 1.82) is 0 Å². The Balaban J connectivity index is 3.87. The summed E-state index contributed by atoms with van der Waals surface area (Å²) in [5, 5.41) is 0. The van der Waals surface area contributed by atoms with Gasteiger partial charge in [0, 0.05) is 19.5 Å². The summed E-state index contributed by atoms with van der Waals surface area (Å²) < 4.78 is 0. The first-order valence-electron chi connectivity index (χ1n) is 4.89. The molecule has 0 radical (unpaired) electrons. The quantitative estimate of drug-likeness (QED) is 0.621. The summed E-state index contributed by atoms with van der Waals surface area (Å²) in [4.78, 5) is 13.4. The molecule has 0 saturated carbocycles. The lowest BCUT2D eigenvalue weighted by atomic mass is 10.2. The van der Waals surface area contributed by atoms with Crippen LogP contribution in [0.5, 0.6) is 0 Å². The Labute approximate surface area is 75.9 Å². The lowest BCUT2D eigenvalue weighted by Gasteiger charge is -2.22. The molecule has 0 saturated heterocycles. The van der Waals surface area contributed by atoms with E-state index in [2.05, 4.69) is 13.8 Å². The van der Waals surface area contributed by atoms with Crippen LogP contribution in [0.2, 0.25) is 0 Å². The van der Waals surface area contributed by atoms with Gasteiger partial charge in [-0.2, -0.15) is 0 Å². The van der Waals surface area contributed by atoms with E-state index < -0.39 is 0 Å². The minimum atomic E-state index is 0.300. The maximum atomic E-state index is 11.4. The second-order valence-corrected chi connectivity index (χ2v) is 3.58. The molecule has 0 aromatic carbocycles. The van der Waals surface area contributed by atoms with Crippen molar-refractivity contribution in [2.24, 2.45) is 5.92 Å². The summed E-state index contributed by atoms with van der Waals surface area (Å²) in [6.45, 7) is 10.1. The summed E-state index contributed by atoms with van der Waals surface area (Å²) in [7, 11) is 0. The van der Waals surface area contributed by atoms with Gasteiger partial charge in [-0.3, -0.25) is 4.79 Å². The van der Waals surface area contributed by atoms with E-state index in [1.165, 1.54) is 0 Å². The van der Waals surface area contributed by atoms with Crippen molar-refractivity contribution >= 4 is 5.91 Å². The molecule has 0 aromatic rings. The smallest absolute Gasteiger partial charge is 0.222 e. The molecule has 0 aromatic heterocycles. The topological polar surface area (TPSA) is 20.3 Å². The number of carbonyl (C=O) groups excluding carboxylic acids is 1. The summed E-state index contributed by atoms with van der Waals surface area (Å²) >= 11 is 0. The number of amides is 1. The Hall–Kier alpha value is -0.530. The zero-order valence-corrected chi connectivity index (χ0v) is 8.76. The fraction of sp³-hybridized carbons (Fsp3) is 0.900. The average Bonchev–Trinajstić information content (AvgIpc) is 2.00. The number of hydrogen-bond donors (Lipinski definition) is 0. The predicted molar refractivity (Wildman–Crippen MR) is 52.0 cm³/mol. The maximum absolute atomic E-state index is 11.4. The molecule has 2 heteroatoms. The second kappa shape index (κ2) is 6.04. The van der Waals surface area contributed by atoms with Gasteiger partial charge in [-0.05, 0) is 19.3 Å². The van der Waals surface area contributed by atoms with Crippen molar-refractivity contribution in [1.82, 2.24) is 4.90 Å². The van der Waals surface area contributed by atoms with E-state index in [0.717, 1.165) is 19.5 Å². The predicted octanol–water partition coefficient (Wildman–Crippen LogP) is 2.29.